The van der Waals surface area contributed by atoms with Crippen LogP contribution in [-0.4, -0.2) is 23.0 Å². The normalized spacial score (nSPS) is 12.0. The van der Waals surface area contributed by atoms with Crippen molar-refractivity contribution in [2.75, 3.05) is 0 Å². The molecule has 0 aliphatic carbocycles. The maximum Gasteiger partial charge on any atom is 0.216 e. The van der Waals surface area contributed by atoms with E-state index < -0.39 is 27.4 Å². The van der Waals surface area contributed by atoms with Crippen molar-refractivity contribution in [3.8, 4) is 11.3 Å². The Morgan fingerprint density at radius 2 is 1.79 bits per heavy atom. The number of aromatic nitrogens is 3. The first kappa shape index (κ1) is 19.6. The van der Waals surface area contributed by atoms with Crippen molar-refractivity contribution in [1.82, 2.24) is 19.3 Å². The van der Waals surface area contributed by atoms with E-state index in [4.69, 9.17) is 0 Å². The Labute approximate surface area is 169 Å². The lowest BCUT2D eigenvalue weighted by atomic mass is 10.1. The number of halogens is 2. The van der Waals surface area contributed by atoms with Crippen molar-refractivity contribution in [2.45, 2.75) is 19.2 Å². The Morgan fingerprint density at radius 1 is 1.10 bits per heavy atom. The van der Waals surface area contributed by atoms with Crippen LogP contribution in [0, 0.1) is 18.6 Å². The van der Waals surface area contributed by atoms with Gasteiger partial charge in [-0.15, -0.1) is 0 Å². The molecule has 150 valence electrons. The molecule has 0 aliphatic heterocycles. The van der Waals surface area contributed by atoms with E-state index in [9.17, 15) is 17.2 Å². The molecule has 4 aromatic rings. The third-order valence-electron chi connectivity index (χ3n) is 4.18. The Balaban J connectivity index is 1.63. The van der Waals surface area contributed by atoms with Gasteiger partial charge in [0.25, 0.3) is 0 Å². The van der Waals surface area contributed by atoms with Crippen LogP contribution in [0.25, 0.3) is 16.2 Å². The van der Waals surface area contributed by atoms with Crippen LogP contribution in [0.4, 0.5) is 8.78 Å². The highest BCUT2D eigenvalue weighted by atomic mass is 32.2. The molecule has 0 unspecified atom stereocenters. The van der Waals surface area contributed by atoms with Crippen LogP contribution in [0.15, 0.2) is 48.5 Å². The summed E-state index contributed by atoms with van der Waals surface area (Å²) < 4.78 is 55.8. The number of hydrogen-bond acceptors (Lipinski definition) is 5. The number of aryl methyl sites for hydroxylation is 1. The van der Waals surface area contributed by atoms with Crippen molar-refractivity contribution >= 4 is 26.3 Å². The highest BCUT2D eigenvalue weighted by Gasteiger charge is 2.20. The highest BCUT2D eigenvalue weighted by molar-refractivity contribution is 7.88. The average Bonchev–Trinajstić information content (AvgIpc) is 3.15. The number of nitrogens with one attached hydrogen (secondary N) is 1. The molecule has 2 aromatic heterocycles. The summed E-state index contributed by atoms with van der Waals surface area (Å²) in [7, 11) is -3.85. The Hall–Kier alpha value is -2.69. The summed E-state index contributed by atoms with van der Waals surface area (Å²) in [5, 5.41) is 5.20. The van der Waals surface area contributed by atoms with E-state index in [0.717, 1.165) is 22.7 Å². The second-order valence-electron chi connectivity index (χ2n) is 6.45. The molecule has 0 radical (unpaired) electrons. The zero-order chi connectivity index (χ0) is 20.6. The summed E-state index contributed by atoms with van der Waals surface area (Å²) in [4.78, 5) is 5.25. The van der Waals surface area contributed by atoms with E-state index in [1.165, 1.54) is 11.3 Å². The van der Waals surface area contributed by atoms with Gasteiger partial charge in [-0.3, -0.25) is 0 Å². The monoisotopic (exact) mass is 434 g/mol. The third kappa shape index (κ3) is 4.34. The summed E-state index contributed by atoms with van der Waals surface area (Å²) in [5.74, 6) is -2.19. The number of sulfonamides is 1. The molecule has 1 N–H and O–H groups in total. The number of hydrogen-bond donors (Lipinski definition) is 1. The maximum absolute atomic E-state index is 13.4. The molecule has 4 rings (SSSR count). The number of nitrogens with zero attached hydrogens (tertiary/aromatic N) is 3. The molecule has 29 heavy (non-hydrogen) atoms. The van der Waals surface area contributed by atoms with Crippen LogP contribution in [0.1, 0.15) is 16.3 Å². The van der Waals surface area contributed by atoms with Crippen LogP contribution < -0.4 is 4.72 Å². The van der Waals surface area contributed by atoms with Crippen LogP contribution in [0.3, 0.4) is 0 Å². The first-order valence-corrected chi connectivity index (χ1v) is 11.1. The highest BCUT2D eigenvalue weighted by Crippen LogP contribution is 2.27. The molecule has 2 heterocycles. The first-order valence-electron chi connectivity index (χ1n) is 8.63. The van der Waals surface area contributed by atoms with Gasteiger partial charge >= 0.3 is 0 Å². The molecule has 6 nitrogen and oxygen atoms in total. The van der Waals surface area contributed by atoms with Crippen LogP contribution in [0.2, 0.25) is 0 Å². The quantitative estimate of drug-likeness (QED) is 0.503. The molecule has 0 atom stereocenters. The fraction of sp³-hybridized carbons (Fsp3) is 0.158. The molecule has 2 aromatic carbocycles. The van der Waals surface area contributed by atoms with Gasteiger partial charge in [-0.25, -0.2) is 31.4 Å². The molecular formula is C19H16F2N4O2S2. The van der Waals surface area contributed by atoms with Gasteiger partial charge in [0, 0.05) is 11.6 Å². The van der Waals surface area contributed by atoms with E-state index in [1.807, 2.05) is 37.3 Å². The number of imidazole rings is 1. The van der Waals surface area contributed by atoms with Gasteiger partial charge in [0.05, 0.1) is 23.7 Å². The minimum absolute atomic E-state index is 0.0289. The lowest BCUT2D eigenvalue weighted by Crippen LogP contribution is -2.25. The number of benzene rings is 2. The van der Waals surface area contributed by atoms with Crippen molar-refractivity contribution in [3.05, 3.63) is 76.4 Å². The Bertz CT molecular complexity index is 1260. The van der Waals surface area contributed by atoms with Crippen LogP contribution >= 0.6 is 11.3 Å². The minimum Gasteiger partial charge on any atom is -0.217 e. The maximum atomic E-state index is 13.4. The second kappa shape index (κ2) is 7.62. The van der Waals surface area contributed by atoms with E-state index in [2.05, 4.69) is 14.8 Å². The van der Waals surface area contributed by atoms with Gasteiger partial charge in [-0.05, 0) is 24.6 Å². The first-order chi connectivity index (χ1) is 13.8. The molecule has 0 saturated carbocycles. The van der Waals surface area contributed by atoms with Gasteiger partial charge in [-0.1, -0.05) is 41.7 Å². The second-order valence-corrected chi connectivity index (χ2v) is 9.41. The SMILES string of the molecule is Cc1nn2c(CNS(=O)(=O)Cc3cc(F)cc(F)c3)c(-c3ccccc3)nc2s1. The van der Waals surface area contributed by atoms with Gasteiger partial charge in [0.2, 0.25) is 15.0 Å². The zero-order valence-corrected chi connectivity index (χ0v) is 16.9. The zero-order valence-electron chi connectivity index (χ0n) is 15.3. The van der Waals surface area contributed by atoms with Gasteiger partial charge in [0.1, 0.15) is 16.6 Å². The molecule has 0 amide bonds. The predicted octanol–water partition coefficient (Wildman–Crippen LogP) is 3.66. The predicted molar refractivity (Wildman–Crippen MR) is 107 cm³/mol. The summed E-state index contributed by atoms with van der Waals surface area (Å²) in [6.45, 7) is 1.78. The molecule has 10 heteroatoms. The van der Waals surface area contributed by atoms with Crippen molar-refractivity contribution in [3.63, 3.8) is 0 Å². The van der Waals surface area contributed by atoms with Crippen molar-refractivity contribution < 1.29 is 17.2 Å². The third-order valence-corrected chi connectivity index (χ3v) is 6.30. The average molecular weight is 434 g/mol. The van der Waals surface area contributed by atoms with E-state index in [-0.39, 0.29) is 12.1 Å². The van der Waals surface area contributed by atoms with Gasteiger partial charge < -0.3 is 0 Å². The van der Waals surface area contributed by atoms with Crippen LogP contribution in [-0.2, 0) is 22.3 Å². The topological polar surface area (TPSA) is 76.4 Å². The smallest absolute Gasteiger partial charge is 0.216 e. The van der Waals surface area contributed by atoms with E-state index in [0.29, 0.717) is 22.4 Å². The summed E-state index contributed by atoms with van der Waals surface area (Å²) in [6, 6.07) is 12.1. The Kier molecular flexibility index (Phi) is 5.15. The molecule has 0 fully saturated rings. The molecule has 0 aliphatic rings. The fourth-order valence-corrected chi connectivity index (χ4v) is 4.84. The van der Waals surface area contributed by atoms with Gasteiger partial charge in [-0.2, -0.15) is 5.10 Å². The minimum atomic E-state index is -3.85. The lowest BCUT2D eigenvalue weighted by Gasteiger charge is -2.08. The van der Waals surface area contributed by atoms with Gasteiger partial charge in [0.15, 0.2) is 0 Å². The van der Waals surface area contributed by atoms with E-state index >= 15 is 0 Å². The van der Waals surface area contributed by atoms with E-state index in [1.54, 1.807) is 4.52 Å². The van der Waals surface area contributed by atoms with Crippen molar-refractivity contribution in [1.29, 1.82) is 0 Å². The number of fused-ring (bicyclic) bond motifs is 1. The largest absolute Gasteiger partial charge is 0.217 e. The summed E-state index contributed by atoms with van der Waals surface area (Å²) >= 11 is 1.40. The molecule has 0 saturated heterocycles. The summed E-state index contributed by atoms with van der Waals surface area (Å²) in [6.07, 6.45) is 0. The van der Waals surface area contributed by atoms with Crippen LogP contribution in [0.5, 0.6) is 0 Å². The standard InChI is InChI=1S/C19H16F2N4O2S2/c1-12-24-25-17(18(23-19(25)28-12)14-5-3-2-4-6-14)10-22-29(26,27)11-13-7-15(20)9-16(21)8-13/h2-9,22H,10-11H2,1H3. The van der Waals surface area contributed by atoms with Crippen molar-refractivity contribution in [2.24, 2.45) is 0 Å². The molecular weight excluding hydrogens is 418 g/mol. The number of rotatable bonds is 6. The Morgan fingerprint density at radius 3 is 2.48 bits per heavy atom. The molecule has 0 bridgehead atoms. The summed E-state index contributed by atoms with van der Waals surface area (Å²) in [5.41, 5.74) is 2.08. The lowest BCUT2D eigenvalue weighted by molar-refractivity contribution is 0.573. The molecule has 0 spiro atoms. The fourth-order valence-electron chi connectivity index (χ4n) is 3.01.